The molecule has 0 radical (unpaired) electrons. The second-order valence-electron chi connectivity index (χ2n) is 1.98. The van der Waals surface area contributed by atoms with E-state index in [-0.39, 0.29) is 6.61 Å². The molecule has 60 valence electrons. The minimum Gasteiger partial charge on any atom is -0.446 e. The monoisotopic (exact) mass is 174 g/mol. The van der Waals surface area contributed by atoms with Gasteiger partial charge < -0.3 is 9.30 Å². The Morgan fingerprint density at radius 3 is 3.09 bits per heavy atom. The lowest BCUT2D eigenvalue weighted by Gasteiger charge is -1.99. The lowest BCUT2D eigenvalue weighted by molar-refractivity contribution is 0.163. The van der Waals surface area contributed by atoms with Crippen LogP contribution in [0.15, 0.2) is 12.4 Å². The fourth-order valence-corrected chi connectivity index (χ4v) is 0.711. The van der Waals surface area contributed by atoms with E-state index in [9.17, 15) is 4.79 Å². The Morgan fingerprint density at radius 1 is 1.91 bits per heavy atom. The minimum absolute atomic E-state index is 0.117. The van der Waals surface area contributed by atoms with Gasteiger partial charge in [-0.1, -0.05) is 0 Å². The number of carbonyl (C=O) groups excluding carboxylic acids is 1. The van der Waals surface area contributed by atoms with Gasteiger partial charge in [-0.25, -0.2) is 9.78 Å². The van der Waals surface area contributed by atoms with Crippen LogP contribution in [0.2, 0.25) is 0 Å². The van der Waals surface area contributed by atoms with Crippen LogP contribution in [-0.4, -0.2) is 15.0 Å². The third kappa shape index (κ3) is 2.23. The standard InChI is InChI=1S/C6H7ClN2O2/c1-9-3-2-8-5(9)4-11-6(7)10/h2-3H,4H2,1H3. The van der Waals surface area contributed by atoms with Gasteiger partial charge in [0.15, 0.2) is 6.61 Å². The zero-order valence-electron chi connectivity index (χ0n) is 5.95. The summed E-state index contributed by atoms with van der Waals surface area (Å²) in [5.74, 6) is 0.666. The molecule has 0 amide bonds. The van der Waals surface area contributed by atoms with Gasteiger partial charge in [-0.15, -0.1) is 0 Å². The van der Waals surface area contributed by atoms with Gasteiger partial charge in [0, 0.05) is 31.0 Å². The number of carbonyl (C=O) groups is 1. The van der Waals surface area contributed by atoms with E-state index in [2.05, 4.69) is 9.72 Å². The highest BCUT2D eigenvalue weighted by Crippen LogP contribution is 1.98. The number of rotatable bonds is 2. The fourth-order valence-electron chi connectivity index (χ4n) is 0.657. The Balaban J connectivity index is 2.51. The van der Waals surface area contributed by atoms with Gasteiger partial charge in [-0.2, -0.15) is 0 Å². The van der Waals surface area contributed by atoms with Crippen LogP contribution in [0.5, 0.6) is 0 Å². The molecule has 1 aromatic heterocycles. The Morgan fingerprint density at radius 2 is 2.64 bits per heavy atom. The highest BCUT2D eigenvalue weighted by atomic mass is 35.5. The van der Waals surface area contributed by atoms with Gasteiger partial charge in [0.1, 0.15) is 5.82 Å². The summed E-state index contributed by atoms with van der Waals surface area (Å²) >= 11 is 4.95. The summed E-state index contributed by atoms with van der Waals surface area (Å²) in [4.78, 5) is 14.1. The van der Waals surface area contributed by atoms with Crippen molar-refractivity contribution in [1.82, 2.24) is 9.55 Å². The predicted molar refractivity (Wildman–Crippen MR) is 39.2 cm³/mol. The molecule has 0 aliphatic carbocycles. The molecule has 0 aliphatic rings. The number of halogens is 1. The van der Waals surface area contributed by atoms with E-state index < -0.39 is 5.43 Å². The highest BCUT2D eigenvalue weighted by molar-refractivity contribution is 6.61. The molecule has 0 spiro atoms. The summed E-state index contributed by atoms with van der Waals surface area (Å²) in [6.45, 7) is 0.117. The van der Waals surface area contributed by atoms with Crippen LogP contribution in [0.25, 0.3) is 0 Å². The van der Waals surface area contributed by atoms with Crippen molar-refractivity contribution in [1.29, 1.82) is 0 Å². The average molecular weight is 175 g/mol. The topological polar surface area (TPSA) is 44.1 Å². The van der Waals surface area contributed by atoms with Crippen molar-refractivity contribution in [2.75, 3.05) is 0 Å². The number of aryl methyl sites for hydroxylation is 1. The van der Waals surface area contributed by atoms with Crippen LogP contribution in [0.3, 0.4) is 0 Å². The Kier molecular flexibility index (Phi) is 2.48. The first-order valence-electron chi connectivity index (χ1n) is 2.98. The van der Waals surface area contributed by atoms with Crippen LogP contribution < -0.4 is 0 Å². The first kappa shape index (κ1) is 8.07. The van der Waals surface area contributed by atoms with E-state index in [1.54, 1.807) is 17.0 Å². The third-order valence-corrected chi connectivity index (χ3v) is 1.34. The van der Waals surface area contributed by atoms with Gasteiger partial charge in [0.2, 0.25) is 0 Å². The number of nitrogens with zero attached hydrogens (tertiary/aromatic N) is 2. The molecule has 0 fully saturated rings. The molecule has 0 aromatic carbocycles. The molecule has 5 heteroatoms. The van der Waals surface area contributed by atoms with Crippen molar-refractivity contribution in [2.45, 2.75) is 6.61 Å². The largest absolute Gasteiger partial charge is 0.446 e. The van der Waals surface area contributed by atoms with Crippen molar-refractivity contribution < 1.29 is 9.53 Å². The van der Waals surface area contributed by atoms with Gasteiger partial charge in [-0.05, 0) is 0 Å². The second kappa shape index (κ2) is 3.39. The Labute approximate surface area is 68.7 Å². The van der Waals surface area contributed by atoms with E-state index in [0.29, 0.717) is 5.82 Å². The van der Waals surface area contributed by atoms with Gasteiger partial charge in [0.25, 0.3) is 0 Å². The molecule has 0 unspecified atom stereocenters. The lowest BCUT2D eigenvalue weighted by atomic mass is 10.6. The SMILES string of the molecule is Cn1ccnc1COC(=O)Cl. The van der Waals surface area contributed by atoms with Crippen molar-refractivity contribution in [3.8, 4) is 0 Å². The molecule has 0 bridgehead atoms. The van der Waals surface area contributed by atoms with Crippen molar-refractivity contribution in [2.24, 2.45) is 7.05 Å². The van der Waals surface area contributed by atoms with E-state index in [0.717, 1.165) is 0 Å². The van der Waals surface area contributed by atoms with Crippen molar-refractivity contribution >= 4 is 17.0 Å². The predicted octanol–water partition coefficient (Wildman–Crippen LogP) is 1.30. The van der Waals surface area contributed by atoms with Crippen molar-refractivity contribution in [3.05, 3.63) is 18.2 Å². The summed E-state index contributed by atoms with van der Waals surface area (Å²) in [5.41, 5.74) is -0.812. The molecule has 0 saturated heterocycles. The molecular weight excluding hydrogens is 168 g/mol. The zero-order valence-corrected chi connectivity index (χ0v) is 6.71. The molecular formula is C6H7ClN2O2. The van der Waals surface area contributed by atoms with E-state index in [1.165, 1.54) is 0 Å². The third-order valence-electron chi connectivity index (χ3n) is 1.24. The molecule has 11 heavy (non-hydrogen) atoms. The van der Waals surface area contributed by atoms with Crippen LogP contribution in [0.1, 0.15) is 5.82 Å². The summed E-state index contributed by atoms with van der Waals surface area (Å²) in [6.07, 6.45) is 3.38. The van der Waals surface area contributed by atoms with Crippen LogP contribution in [0.4, 0.5) is 4.79 Å². The summed E-state index contributed by atoms with van der Waals surface area (Å²) in [5, 5.41) is 0. The van der Waals surface area contributed by atoms with Crippen LogP contribution in [-0.2, 0) is 18.4 Å². The van der Waals surface area contributed by atoms with E-state index in [4.69, 9.17) is 11.6 Å². The maximum Gasteiger partial charge on any atom is 0.404 e. The molecule has 1 rings (SSSR count). The fraction of sp³-hybridized carbons (Fsp3) is 0.333. The smallest absolute Gasteiger partial charge is 0.404 e. The molecule has 1 aromatic rings. The summed E-state index contributed by atoms with van der Waals surface area (Å²) < 4.78 is 6.26. The van der Waals surface area contributed by atoms with Crippen molar-refractivity contribution in [3.63, 3.8) is 0 Å². The normalized spacial score (nSPS) is 9.64. The molecule has 0 aliphatic heterocycles. The molecule has 1 heterocycles. The maximum absolute atomic E-state index is 10.2. The summed E-state index contributed by atoms with van der Waals surface area (Å²) in [7, 11) is 1.81. The number of imidazole rings is 1. The molecule has 0 saturated carbocycles. The minimum atomic E-state index is -0.812. The number of aromatic nitrogens is 2. The molecule has 0 atom stereocenters. The zero-order chi connectivity index (χ0) is 8.27. The first-order chi connectivity index (χ1) is 5.20. The number of ether oxygens (including phenoxy) is 1. The lowest BCUT2D eigenvalue weighted by Crippen LogP contribution is -2.01. The highest BCUT2D eigenvalue weighted by Gasteiger charge is 2.01. The van der Waals surface area contributed by atoms with E-state index in [1.807, 2.05) is 7.05 Å². The van der Waals surface area contributed by atoms with Crippen LogP contribution >= 0.6 is 11.6 Å². The summed E-state index contributed by atoms with van der Waals surface area (Å²) in [6, 6.07) is 0. The first-order valence-corrected chi connectivity index (χ1v) is 3.36. The van der Waals surface area contributed by atoms with Crippen LogP contribution in [0, 0.1) is 0 Å². The van der Waals surface area contributed by atoms with Gasteiger partial charge in [-0.3, -0.25) is 0 Å². The quantitative estimate of drug-likeness (QED) is 0.635. The second-order valence-corrected chi connectivity index (χ2v) is 2.29. The maximum atomic E-state index is 10.2. The van der Waals surface area contributed by atoms with E-state index >= 15 is 0 Å². The number of hydrogen-bond acceptors (Lipinski definition) is 3. The van der Waals surface area contributed by atoms with Gasteiger partial charge in [0.05, 0.1) is 0 Å². The Hall–Kier alpha value is -1.03. The average Bonchev–Trinajstić information content (AvgIpc) is 2.31. The molecule has 4 nitrogen and oxygen atoms in total. The Bertz CT molecular complexity index is 259. The molecule has 0 N–H and O–H groups in total. The number of hydrogen-bond donors (Lipinski definition) is 0. The van der Waals surface area contributed by atoms with Gasteiger partial charge >= 0.3 is 5.43 Å².